The fourth-order valence-corrected chi connectivity index (χ4v) is 2.86. The molecule has 0 spiro atoms. The van der Waals surface area contributed by atoms with Gasteiger partial charge in [0.1, 0.15) is 5.69 Å². The molecular formula is C17H21N5O2. The van der Waals surface area contributed by atoms with Gasteiger partial charge in [0, 0.05) is 11.8 Å². The number of allylic oxidation sites excluding steroid dienone is 2. The zero-order valence-electron chi connectivity index (χ0n) is 14.3. The van der Waals surface area contributed by atoms with Crippen LogP contribution in [-0.2, 0) is 0 Å². The Kier molecular flexibility index (Phi) is 4.09. The lowest BCUT2D eigenvalue weighted by Crippen LogP contribution is -2.03. The summed E-state index contributed by atoms with van der Waals surface area (Å²) in [5.41, 5.74) is 9.59. The van der Waals surface area contributed by atoms with E-state index in [1.807, 2.05) is 6.07 Å². The van der Waals surface area contributed by atoms with Crippen LogP contribution in [0, 0.1) is 5.41 Å². The first-order valence-corrected chi connectivity index (χ1v) is 7.74. The fraction of sp³-hybridized carbons (Fsp3) is 0.412. The molecule has 1 aliphatic rings. The second kappa shape index (κ2) is 6.07. The van der Waals surface area contributed by atoms with E-state index in [-0.39, 0.29) is 11.4 Å². The first kappa shape index (κ1) is 16.2. The number of rotatable bonds is 4. The molecule has 0 saturated carbocycles. The van der Waals surface area contributed by atoms with Crippen molar-refractivity contribution in [2.24, 2.45) is 5.41 Å². The van der Waals surface area contributed by atoms with Crippen LogP contribution in [0.1, 0.15) is 32.3 Å². The monoisotopic (exact) mass is 327 g/mol. The molecule has 7 nitrogen and oxygen atoms in total. The van der Waals surface area contributed by atoms with Crippen molar-refractivity contribution in [1.82, 2.24) is 20.2 Å². The fourth-order valence-electron chi connectivity index (χ4n) is 2.86. The molecule has 0 saturated heterocycles. The lowest BCUT2D eigenvalue weighted by Gasteiger charge is -2.12. The summed E-state index contributed by atoms with van der Waals surface area (Å²) in [5, 5.41) is 8.29. The third kappa shape index (κ3) is 3.02. The Morgan fingerprint density at radius 2 is 1.92 bits per heavy atom. The van der Waals surface area contributed by atoms with E-state index in [0.717, 1.165) is 18.4 Å². The van der Waals surface area contributed by atoms with Crippen LogP contribution in [0.4, 0.5) is 5.82 Å². The third-order valence-corrected chi connectivity index (χ3v) is 4.16. The largest absolute Gasteiger partial charge is 0.480 e. The van der Waals surface area contributed by atoms with Crippen molar-refractivity contribution in [1.29, 1.82) is 0 Å². The van der Waals surface area contributed by atoms with Crippen molar-refractivity contribution in [2.75, 3.05) is 20.0 Å². The Morgan fingerprint density at radius 1 is 1.12 bits per heavy atom. The summed E-state index contributed by atoms with van der Waals surface area (Å²) in [7, 11) is 3.04. The lowest BCUT2D eigenvalue weighted by atomic mass is 9.94. The van der Waals surface area contributed by atoms with Gasteiger partial charge in [-0.05, 0) is 29.9 Å². The van der Waals surface area contributed by atoms with Gasteiger partial charge in [-0.15, -0.1) is 10.2 Å². The van der Waals surface area contributed by atoms with Crippen LogP contribution < -0.4 is 15.2 Å². The van der Waals surface area contributed by atoms with Gasteiger partial charge in [0.15, 0.2) is 5.82 Å². The van der Waals surface area contributed by atoms with Gasteiger partial charge in [0.2, 0.25) is 5.88 Å². The van der Waals surface area contributed by atoms with Gasteiger partial charge in [-0.1, -0.05) is 19.9 Å². The summed E-state index contributed by atoms with van der Waals surface area (Å²) < 4.78 is 10.4. The number of nitrogens with zero attached hydrogens (tertiary/aromatic N) is 4. The molecule has 2 aromatic heterocycles. The molecule has 126 valence electrons. The number of aromatic nitrogens is 4. The zero-order valence-corrected chi connectivity index (χ0v) is 14.3. The van der Waals surface area contributed by atoms with Crippen LogP contribution in [0.3, 0.4) is 0 Å². The highest BCUT2D eigenvalue weighted by Crippen LogP contribution is 2.41. The SMILES string of the molecule is COc1ncc(-c2cc(C3=CC(C)(C)CC3)c(N)nn2)c(OC)n1. The summed E-state index contributed by atoms with van der Waals surface area (Å²) in [6, 6.07) is 2.16. The predicted molar refractivity (Wildman–Crippen MR) is 91.6 cm³/mol. The summed E-state index contributed by atoms with van der Waals surface area (Å²) in [5.74, 6) is 0.809. The van der Waals surface area contributed by atoms with Gasteiger partial charge in [0.05, 0.1) is 19.8 Å². The molecule has 24 heavy (non-hydrogen) atoms. The normalized spacial score (nSPS) is 15.9. The zero-order chi connectivity index (χ0) is 17.3. The van der Waals surface area contributed by atoms with E-state index < -0.39 is 0 Å². The molecule has 0 radical (unpaired) electrons. The maximum atomic E-state index is 6.06. The Morgan fingerprint density at radius 3 is 2.54 bits per heavy atom. The van der Waals surface area contributed by atoms with E-state index in [1.165, 1.54) is 12.7 Å². The molecule has 0 fully saturated rings. The second-order valence-electron chi connectivity index (χ2n) is 6.47. The highest BCUT2D eigenvalue weighted by Gasteiger charge is 2.25. The Bertz CT molecular complexity index is 802. The van der Waals surface area contributed by atoms with Crippen molar-refractivity contribution >= 4 is 11.4 Å². The average molecular weight is 327 g/mol. The quantitative estimate of drug-likeness (QED) is 0.922. The van der Waals surface area contributed by atoms with E-state index in [9.17, 15) is 0 Å². The number of anilines is 1. The summed E-state index contributed by atoms with van der Waals surface area (Å²) in [6.07, 6.45) is 5.93. The topological polar surface area (TPSA) is 96.0 Å². The van der Waals surface area contributed by atoms with Gasteiger partial charge >= 0.3 is 6.01 Å². The minimum absolute atomic E-state index is 0.173. The van der Waals surface area contributed by atoms with Gasteiger partial charge in [0.25, 0.3) is 0 Å². The maximum absolute atomic E-state index is 6.06. The summed E-state index contributed by atoms with van der Waals surface area (Å²) >= 11 is 0. The Balaban J connectivity index is 2.07. The summed E-state index contributed by atoms with van der Waals surface area (Å²) in [4.78, 5) is 8.32. The highest BCUT2D eigenvalue weighted by molar-refractivity contribution is 5.78. The first-order chi connectivity index (χ1) is 11.4. The molecule has 0 unspecified atom stereocenters. The molecule has 1 aliphatic carbocycles. The van der Waals surface area contributed by atoms with Crippen molar-refractivity contribution in [3.63, 3.8) is 0 Å². The van der Waals surface area contributed by atoms with Gasteiger partial charge < -0.3 is 15.2 Å². The molecule has 0 aliphatic heterocycles. The highest BCUT2D eigenvalue weighted by atomic mass is 16.5. The Hall–Kier alpha value is -2.70. The summed E-state index contributed by atoms with van der Waals surface area (Å²) in [6.45, 7) is 4.43. The molecule has 0 bridgehead atoms. The average Bonchev–Trinajstić information content (AvgIpc) is 2.94. The molecule has 0 amide bonds. The van der Waals surface area contributed by atoms with Crippen LogP contribution in [0.25, 0.3) is 16.8 Å². The first-order valence-electron chi connectivity index (χ1n) is 7.74. The molecule has 2 heterocycles. The van der Waals surface area contributed by atoms with Crippen molar-refractivity contribution in [2.45, 2.75) is 26.7 Å². The number of nitrogen functional groups attached to an aromatic ring is 1. The molecular weight excluding hydrogens is 306 g/mol. The van der Waals surface area contributed by atoms with Crippen molar-refractivity contribution in [3.8, 4) is 23.1 Å². The van der Waals surface area contributed by atoms with Crippen LogP contribution in [0.2, 0.25) is 0 Å². The van der Waals surface area contributed by atoms with Crippen LogP contribution in [-0.4, -0.2) is 34.4 Å². The number of ether oxygens (including phenoxy) is 2. The number of hydrogen-bond acceptors (Lipinski definition) is 7. The Labute approximate surface area is 140 Å². The van der Waals surface area contributed by atoms with E-state index in [1.54, 1.807) is 13.3 Å². The van der Waals surface area contributed by atoms with E-state index in [0.29, 0.717) is 23.0 Å². The van der Waals surface area contributed by atoms with E-state index >= 15 is 0 Å². The van der Waals surface area contributed by atoms with Crippen molar-refractivity contribution < 1.29 is 9.47 Å². The third-order valence-electron chi connectivity index (χ3n) is 4.16. The minimum Gasteiger partial charge on any atom is -0.480 e. The van der Waals surface area contributed by atoms with Gasteiger partial charge in [-0.2, -0.15) is 4.98 Å². The number of methoxy groups -OCH3 is 2. The van der Waals surface area contributed by atoms with Crippen LogP contribution in [0.15, 0.2) is 18.3 Å². The van der Waals surface area contributed by atoms with Crippen LogP contribution >= 0.6 is 0 Å². The molecule has 0 atom stereocenters. The lowest BCUT2D eigenvalue weighted by molar-refractivity contribution is 0.353. The number of nitrogens with two attached hydrogens (primary N) is 1. The minimum atomic E-state index is 0.173. The molecule has 3 rings (SSSR count). The molecule has 2 aromatic rings. The van der Waals surface area contributed by atoms with Gasteiger partial charge in [-0.25, -0.2) is 4.98 Å². The number of hydrogen-bond donors (Lipinski definition) is 1. The maximum Gasteiger partial charge on any atom is 0.319 e. The predicted octanol–water partition coefficient (Wildman–Crippen LogP) is 2.74. The standard InChI is InChI=1S/C17H21N5O2/c1-17(2)6-5-10(8-17)11-7-13(21-22-14(11)18)12-9-19-16(24-4)20-15(12)23-3/h7-9H,5-6H2,1-4H3,(H2,18,22). The van der Waals surface area contributed by atoms with E-state index in [4.69, 9.17) is 15.2 Å². The van der Waals surface area contributed by atoms with Crippen molar-refractivity contribution in [3.05, 3.63) is 23.9 Å². The second-order valence-corrected chi connectivity index (χ2v) is 6.47. The van der Waals surface area contributed by atoms with Crippen LogP contribution in [0.5, 0.6) is 11.9 Å². The smallest absolute Gasteiger partial charge is 0.319 e. The molecule has 2 N–H and O–H groups in total. The molecule has 0 aromatic carbocycles. The van der Waals surface area contributed by atoms with Gasteiger partial charge in [-0.3, -0.25) is 0 Å². The van der Waals surface area contributed by atoms with E-state index in [2.05, 4.69) is 40.1 Å². The molecule has 7 heteroatoms.